The number of hydrogen-bond donors (Lipinski definition) is 1. The Kier molecular flexibility index (Phi) is 6.72. The molecule has 30 heavy (non-hydrogen) atoms. The van der Waals surface area contributed by atoms with Crippen LogP contribution in [-0.4, -0.2) is 38.3 Å². The number of sulfonamides is 1. The van der Waals surface area contributed by atoms with Crippen molar-refractivity contribution >= 4 is 21.6 Å². The molecule has 1 heterocycles. The number of hydrogen-bond acceptors (Lipinski definition) is 4. The van der Waals surface area contributed by atoms with Gasteiger partial charge in [0.15, 0.2) is 0 Å². The van der Waals surface area contributed by atoms with Crippen LogP contribution in [0.2, 0.25) is 0 Å². The van der Waals surface area contributed by atoms with Crippen LogP contribution in [0.4, 0.5) is 14.5 Å². The SMILES string of the molecule is CCOc1ccc(S(=O)(=O)N2CCC[C@@H](C(=O)Nc3ccc(F)cc3F)C2)cc1C. The lowest BCUT2D eigenvalue weighted by Gasteiger charge is -2.31. The second-order valence-corrected chi connectivity index (χ2v) is 9.11. The summed E-state index contributed by atoms with van der Waals surface area (Å²) >= 11 is 0. The van der Waals surface area contributed by atoms with Gasteiger partial charge in [-0.2, -0.15) is 4.31 Å². The molecule has 1 aliphatic heterocycles. The van der Waals surface area contributed by atoms with Crippen LogP contribution < -0.4 is 10.1 Å². The summed E-state index contributed by atoms with van der Waals surface area (Å²) < 4.78 is 59.8. The minimum absolute atomic E-state index is 0.0107. The third kappa shape index (κ3) is 4.79. The summed E-state index contributed by atoms with van der Waals surface area (Å²) in [7, 11) is -3.80. The zero-order valence-corrected chi connectivity index (χ0v) is 17.6. The van der Waals surface area contributed by atoms with E-state index in [2.05, 4.69) is 5.32 Å². The van der Waals surface area contributed by atoms with Crippen LogP contribution in [-0.2, 0) is 14.8 Å². The van der Waals surface area contributed by atoms with Gasteiger partial charge in [0.05, 0.1) is 23.1 Å². The number of nitrogens with zero attached hydrogens (tertiary/aromatic N) is 1. The summed E-state index contributed by atoms with van der Waals surface area (Å²) in [5.74, 6) is -2.14. The molecule has 1 fully saturated rings. The molecule has 1 N–H and O–H groups in total. The minimum atomic E-state index is -3.80. The van der Waals surface area contributed by atoms with Crippen molar-refractivity contribution in [2.45, 2.75) is 31.6 Å². The second kappa shape index (κ2) is 9.09. The van der Waals surface area contributed by atoms with E-state index in [-0.39, 0.29) is 17.1 Å². The molecule has 1 atom stereocenters. The number of nitrogens with one attached hydrogen (secondary N) is 1. The van der Waals surface area contributed by atoms with Crippen LogP contribution >= 0.6 is 0 Å². The summed E-state index contributed by atoms with van der Waals surface area (Å²) in [4.78, 5) is 12.7. The Balaban J connectivity index is 1.74. The van der Waals surface area contributed by atoms with E-state index in [1.807, 2.05) is 6.92 Å². The van der Waals surface area contributed by atoms with Crippen molar-refractivity contribution in [2.75, 3.05) is 25.0 Å². The number of anilines is 1. The highest BCUT2D eigenvalue weighted by Gasteiger charge is 2.33. The summed E-state index contributed by atoms with van der Waals surface area (Å²) in [5, 5.41) is 2.43. The molecule has 0 unspecified atom stereocenters. The molecule has 0 bridgehead atoms. The van der Waals surface area contributed by atoms with E-state index in [0.29, 0.717) is 43.4 Å². The molecule has 0 aliphatic carbocycles. The maximum absolute atomic E-state index is 13.8. The highest BCUT2D eigenvalue weighted by molar-refractivity contribution is 7.89. The van der Waals surface area contributed by atoms with Crippen molar-refractivity contribution in [1.82, 2.24) is 4.31 Å². The summed E-state index contributed by atoms with van der Waals surface area (Å²) in [6.07, 6.45) is 0.974. The van der Waals surface area contributed by atoms with Gasteiger partial charge in [0.2, 0.25) is 15.9 Å². The number of piperidine rings is 1. The molecule has 3 rings (SSSR count). The Labute approximate surface area is 174 Å². The van der Waals surface area contributed by atoms with Gasteiger partial charge in [-0.3, -0.25) is 4.79 Å². The Morgan fingerprint density at radius 3 is 2.67 bits per heavy atom. The summed E-state index contributed by atoms with van der Waals surface area (Å²) in [6, 6.07) is 7.54. The number of halogens is 2. The van der Waals surface area contributed by atoms with E-state index in [9.17, 15) is 22.0 Å². The normalized spacial score (nSPS) is 17.5. The van der Waals surface area contributed by atoms with Gasteiger partial charge < -0.3 is 10.1 Å². The van der Waals surface area contributed by atoms with Gasteiger partial charge in [-0.1, -0.05) is 0 Å². The topological polar surface area (TPSA) is 75.7 Å². The average molecular weight is 438 g/mol. The molecule has 9 heteroatoms. The third-order valence-corrected chi connectivity index (χ3v) is 6.89. The van der Waals surface area contributed by atoms with Crippen molar-refractivity contribution in [3.8, 4) is 5.75 Å². The predicted molar refractivity (Wildman–Crippen MR) is 109 cm³/mol. The Morgan fingerprint density at radius 2 is 2.00 bits per heavy atom. The van der Waals surface area contributed by atoms with Gasteiger partial charge in [0, 0.05) is 19.2 Å². The van der Waals surface area contributed by atoms with Crippen LogP contribution in [0.5, 0.6) is 5.75 Å². The third-order valence-electron chi connectivity index (χ3n) is 5.03. The number of ether oxygens (including phenoxy) is 1. The van der Waals surface area contributed by atoms with Gasteiger partial charge in [-0.25, -0.2) is 17.2 Å². The first-order valence-electron chi connectivity index (χ1n) is 9.72. The molecule has 0 aromatic heterocycles. The molecule has 6 nitrogen and oxygen atoms in total. The lowest BCUT2D eigenvalue weighted by molar-refractivity contribution is -0.120. The van der Waals surface area contributed by atoms with Gasteiger partial charge >= 0.3 is 0 Å². The van der Waals surface area contributed by atoms with Crippen molar-refractivity contribution < 1.29 is 26.7 Å². The molecular formula is C21H24F2N2O4S. The monoisotopic (exact) mass is 438 g/mol. The first kappa shape index (κ1) is 22.2. The number of aryl methyl sites for hydroxylation is 1. The van der Waals surface area contributed by atoms with Crippen molar-refractivity contribution in [3.63, 3.8) is 0 Å². The highest BCUT2D eigenvalue weighted by atomic mass is 32.2. The maximum atomic E-state index is 13.8. The van der Waals surface area contributed by atoms with Crippen molar-refractivity contribution in [1.29, 1.82) is 0 Å². The van der Waals surface area contributed by atoms with Crippen LogP contribution in [0.25, 0.3) is 0 Å². The molecule has 1 amide bonds. The van der Waals surface area contributed by atoms with E-state index in [1.165, 1.54) is 10.4 Å². The van der Waals surface area contributed by atoms with Crippen LogP contribution in [0.1, 0.15) is 25.3 Å². The lowest BCUT2D eigenvalue weighted by Crippen LogP contribution is -2.43. The van der Waals surface area contributed by atoms with E-state index in [1.54, 1.807) is 19.1 Å². The van der Waals surface area contributed by atoms with E-state index >= 15 is 0 Å². The number of carbonyl (C=O) groups is 1. The number of carbonyl (C=O) groups excluding carboxylic acids is 1. The molecular weight excluding hydrogens is 414 g/mol. The standard InChI is InChI=1S/C21H24F2N2O4S/c1-3-29-20-9-7-17(11-14(20)2)30(27,28)25-10-4-5-15(13-25)21(26)24-19-8-6-16(22)12-18(19)23/h6-9,11-12,15H,3-5,10,13H2,1-2H3,(H,24,26)/t15-/m1/s1. The van der Waals surface area contributed by atoms with Crippen molar-refractivity contribution in [3.05, 3.63) is 53.6 Å². The highest BCUT2D eigenvalue weighted by Crippen LogP contribution is 2.28. The summed E-state index contributed by atoms with van der Waals surface area (Å²) in [5.41, 5.74) is 0.569. The van der Waals surface area contributed by atoms with E-state index in [0.717, 1.165) is 12.1 Å². The summed E-state index contributed by atoms with van der Waals surface area (Å²) in [6.45, 7) is 4.38. The molecule has 2 aromatic carbocycles. The largest absolute Gasteiger partial charge is 0.494 e. The quantitative estimate of drug-likeness (QED) is 0.746. The van der Waals surface area contributed by atoms with Crippen LogP contribution in [0, 0.1) is 24.5 Å². The number of amides is 1. The molecule has 1 aliphatic rings. The van der Waals surface area contributed by atoms with Gasteiger partial charge in [0.25, 0.3) is 0 Å². The lowest BCUT2D eigenvalue weighted by atomic mass is 9.98. The Hall–Kier alpha value is -2.52. The number of rotatable bonds is 6. The number of benzene rings is 2. The van der Waals surface area contributed by atoms with Gasteiger partial charge in [-0.15, -0.1) is 0 Å². The van der Waals surface area contributed by atoms with Crippen LogP contribution in [0.3, 0.4) is 0 Å². The fourth-order valence-electron chi connectivity index (χ4n) is 3.45. The Morgan fingerprint density at radius 1 is 1.23 bits per heavy atom. The molecule has 1 saturated heterocycles. The van der Waals surface area contributed by atoms with Gasteiger partial charge in [0.1, 0.15) is 17.4 Å². The molecule has 0 saturated carbocycles. The zero-order chi connectivity index (χ0) is 21.9. The fourth-order valence-corrected chi connectivity index (χ4v) is 5.06. The fraction of sp³-hybridized carbons (Fsp3) is 0.381. The van der Waals surface area contributed by atoms with Crippen molar-refractivity contribution in [2.24, 2.45) is 5.92 Å². The maximum Gasteiger partial charge on any atom is 0.243 e. The first-order valence-corrected chi connectivity index (χ1v) is 11.2. The average Bonchev–Trinajstić information content (AvgIpc) is 2.71. The Bertz CT molecular complexity index is 1040. The molecule has 2 aromatic rings. The molecule has 0 radical (unpaired) electrons. The van der Waals surface area contributed by atoms with E-state index in [4.69, 9.17) is 4.74 Å². The van der Waals surface area contributed by atoms with Crippen LogP contribution in [0.15, 0.2) is 41.3 Å². The first-order chi connectivity index (χ1) is 14.2. The van der Waals surface area contributed by atoms with Gasteiger partial charge in [-0.05, 0) is 62.6 Å². The zero-order valence-electron chi connectivity index (χ0n) is 16.8. The predicted octanol–water partition coefficient (Wildman–Crippen LogP) is 3.71. The minimum Gasteiger partial charge on any atom is -0.494 e. The smallest absolute Gasteiger partial charge is 0.243 e. The second-order valence-electron chi connectivity index (χ2n) is 7.18. The molecule has 0 spiro atoms. The molecule has 162 valence electrons. The van der Waals surface area contributed by atoms with E-state index < -0.39 is 33.5 Å².